The number of hydrogen-bond donors (Lipinski definition) is 1. The van der Waals surface area contributed by atoms with E-state index in [-0.39, 0.29) is 0 Å². The number of imidazole rings is 1. The lowest BCUT2D eigenvalue weighted by Crippen LogP contribution is -2.31. The van der Waals surface area contributed by atoms with Crippen molar-refractivity contribution in [3.05, 3.63) is 72.1 Å². The summed E-state index contributed by atoms with van der Waals surface area (Å²) in [6.07, 6.45) is 10.9. The minimum Gasteiger partial charge on any atom is -0.481 e. The van der Waals surface area contributed by atoms with Gasteiger partial charge in [-0.05, 0) is 43.1 Å². The second-order valence-corrected chi connectivity index (χ2v) is 8.31. The smallest absolute Gasteiger partial charge is 0.213 e. The Labute approximate surface area is 186 Å². The fraction of sp³-hybridized carbons (Fsp3) is 0.280. The quantitative estimate of drug-likeness (QED) is 0.537. The molecular weight excluding hydrogens is 400 g/mol. The summed E-state index contributed by atoms with van der Waals surface area (Å²) >= 11 is 0. The van der Waals surface area contributed by atoms with Gasteiger partial charge in [0.1, 0.15) is 0 Å². The molecule has 1 saturated heterocycles. The molecule has 4 heterocycles. The Morgan fingerprint density at radius 1 is 1.09 bits per heavy atom. The lowest BCUT2D eigenvalue weighted by molar-refractivity contribution is 0.378. The topological polar surface area (TPSA) is 77.8 Å². The predicted molar refractivity (Wildman–Crippen MR) is 123 cm³/mol. The molecule has 0 spiro atoms. The van der Waals surface area contributed by atoms with Crippen LogP contribution in [0, 0.1) is 0 Å². The number of allylic oxidation sites excluding steroid dienone is 1. The highest BCUT2D eigenvalue weighted by atomic mass is 16.5. The Hall–Kier alpha value is -3.58. The second kappa shape index (κ2) is 7.84. The molecule has 160 valence electrons. The number of fused-ring (bicyclic) bond motifs is 2. The van der Waals surface area contributed by atoms with E-state index in [1.54, 1.807) is 13.3 Å². The van der Waals surface area contributed by atoms with Gasteiger partial charge in [0, 0.05) is 42.4 Å². The van der Waals surface area contributed by atoms with Crippen LogP contribution in [0.2, 0.25) is 0 Å². The van der Waals surface area contributed by atoms with Crippen LogP contribution in [0.3, 0.4) is 0 Å². The van der Waals surface area contributed by atoms with Gasteiger partial charge in [-0.15, -0.1) is 0 Å². The highest BCUT2D eigenvalue weighted by molar-refractivity contribution is 5.88. The number of benzene rings is 1. The van der Waals surface area contributed by atoms with Crippen LogP contribution in [-0.2, 0) is 6.42 Å². The van der Waals surface area contributed by atoms with E-state index >= 15 is 0 Å². The van der Waals surface area contributed by atoms with Crippen LogP contribution < -0.4 is 10.1 Å². The van der Waals surface area contributed by atoms with Gasteiger partial charge in [0.05, 0.1) is 47.7 Å². The zero-order chi connectivity index (χ0) is 21.5. The summed E-state index contributed by atoms with van der Waals surface area (Å²) in [7, 11) is 1.62. The molecule has 1 unspecified atom stereocenters. The first-order chi connectivity index (χ1) is 15.8. The van der Waals surface area contributed by atoms with Gasteiger partial charge in [0.15, 0.2) is 0 Å². The van der Waals surface area contributed by atoms with Gasteiger partial charge in [-0.2, -0.15) is 0 Å². The summed E-state index contributed by atoms with van der Waals surface area (Å²) in [5.74, 6) is 0.566. The molecule has 1 atom stereocenters. The monoisotopic (exact) mass is 424 g/mol. The Morgan fingerprint density at radius 3 is 2.94 bits per heavy atom. The third kappa shape index (κ3) is 3.26. The van der Waals surface area contributed by atoms with E-state index in [1.165, 1.54) is 18.4 Å². The second-order valence-electron chi connectivity index (χ2n) is 8.31. The molecule has 7 heteroatoms. The van der Waals surface area contributed by atoms with E-state index in [9.17, 15) is 0 Å². The van der Waals surface area contributed by atoms with Crippen molar-refractivity contribution in [2.24, 2.45) is 0 Å². The average Bonchev–Trinajstić information content (AvgIpc) is 3.48. The molecule has 0 bridgehead atoms. The molecule has 32 heavy (non-hydrogen) atoms. The molecule has 0 radical (unpaired) electrons. The molecule has 0 amide bonds. The molecular formula is C25H24N6O. The molecule has 1 fully saturated rings. The highest BCUT2D eigenvalue weighted by Gasteiger charge is 2.22. The van der Waals surface area contributed by atoms with Crippen molar-refractivity contribution in [3.8, 4) is 17.1 Å². The normalized spacial score (nSPS) is 17.9. The molecule has 0 saturated carbocycles. The number of aromatic nitrogens is 5. The Bertz CT molecular complexity index is 1340. The third-order valence-electron chi connectivity index (χ3n) is 6.39. The Kier molecular flexibility index (Phi) is 4.69. The summed E-state index contributed by atoms with van der Waals surface area (Å²) in [6.45, 7) is 2.09. The van der Waals surface area contributed by atoms with Crippen molar-refractivity contribution in [2.75, 3.05) is 20.2 Å². The first kappa shape index (κ1) is 19.1. The fourth-order valence-corrected chi connectivity index (χ4v) is 4.70. The number of pyridine rings is 1. The molecule has 2 aliphatic rings. The lowest BCUT2D eigenvalue weighted by Gasteiger charge is -2.24. The summed E-state index contributed by atoms with van der Waals surface area (Å²) in [5, 5.41) is 3.51. The van der Waals surface area contributed by atoms with Crippen LogP contribution in [-0.4, -0.2) is 44.7 Å². The molecule has 3 aromatic heterocycles. The van der Waals surface area contributed by atoms with Crippen molar-refractivity contribution < 1.29 is 4.74 Å². The van der Waals surface area contributed by atoms with E-state index in [0.29, 0.717) is 11.9 Å². The minimum absolute atomic E-state index is 0.446. The number of methoxy groups -OCH3 is 1. The van der Waals surface area contributed by atoms with E-state index < -0.39 is 0 Å². The van der Waals surface area contributed by atoms with E-state index in [4.69, 9.17) is 14.7 Å². The van der Waals surface area contributed by atoms with Crippen LogP contribution in [0.1, 0.15) is 35.8 Å². The van der Waals surface area contributed by atoms with Gasteiger partial charge in [-0.3, -0.25) is 4.98 Å². The number of rotatable bonds is 4. The highest BCUT2D eigenvalue weighted by Crippen LogP contribution is 2.34. The molecule has 1 aliphatic heterocycles. The lowest BCUT2D eigenvalue weighted by atomic mass is 10.0. The van der Waals surface area contributed by atoms with Crippen LogP contribution in [0.25, 0.3) is 27.9 Å². The number of ether oxygens (including phenoxy) is 1. The molecule has 1 N–H and O–H groups in total. The summed E-state index contributed by atoms with van der Waals surface area (Å²) in [6, 6.07) is 10.8. The SMILES string of the molecule is COc1cc(-c2cnc3c(n2)C(c2ccc4ncn(C5CCCNC5)c4c2)=CC3)ccn1. The molecule has 7 nitrogen and oxygen atoms in total. The van der Waals surface area contributed by atoms with Gasteiger partial charge in [0.25, 0.3) is 0 Å². The maximum Gasteiger partial charge on any atom is 0.213 e. The summed E-state index contributed by atoms with van der Waals surface area (Å²) < 4.78 is 7.60. The molecule has 6 rings (SSSR count). The molecule has 4 aromatic rings. The van der Waals surface area contributed by atoms with Crippen molar-refractivity contribution in [2.45, 2.75) is 25.3 Å². The first-order valence-corrected chi connectivity index (χ1v) is 11.0. The summed E-state index contributed by atoms with van der Waals surface area (Å²) in [4.78, 5) is 18.5. The number of hydrogen-bond acceptors (Lipinski definition) is 6. The number of nitrogens with zero attached hydrogens (tertiary/aromatic N) is 5. The Morgan fingerprint density at radius 2 is 2.06 bits per heavy atom. The predicted octanol–water partition coefficient (Wildman–Crippen LogP) is 3.81. The zero-order valence-electron chi connectivity index (χ0n) is 18.0. The van der Waals surface area contributed by atoms with Crippen LogP contribution in [0.15, 0.2) is 55.1 Å². The van der Waals surface area contributed by atoms with Gasteiger partial charge in [-0.25, -0.2) is 15.0 Å². The maximum absolute atomic E-state index is 5.27. The minimum atomic E-state index is 0.446. The summed E-state index contributed by atoms with van der Waals surface area (Å²) in [5.41, 5.74) is 8.20. The van der Waals surface area contributed by atoms with Gasteiger partial charge in [-0.1, -0.05) is 12.1 Å². The van der Waals surface area contributed by atoms with Crippen LogP contribution in [0.5, 0.6) is 5.88 Å². The Balaban J connectivity index is 1.39. The fourth-order valence-electron chi connectivity index (χ4n) is 4.70. The van der Waals surface area contributed by atoms with Crippen molar-refractivity contribution in [1.29, 1.82) is 0 Å². The van der Waals surface area contributed by atoms with E-state index in [0.717, 1.165) is 58.8 Å². The maximum atomic E-state index is 5.27. The standard InChI is InChI=1S/C25H24N6O/c1-32-24-12-17(8-10-27-24)22-14-28-21-7-5-19(25(21)30-22)16-4-6-20-23(11-16)31(15-29-20)18-3-2-9-26-13-18/h4-6,8,10-12,14-15,18,26H,2-3,7,9,13H2,1H3. The van der Waals surface area contributed by atoms with Gasteiger partial charge >= 0.3 is 0 Å². The largest absolute Gasteiger partial charge is 0.481 e. The van der Waals surface area contributed by atoms with Crippen molar-refractivity contribution >= 4 is 16.6 Å². The van der Waals surface area contributed by atoms with Crippen molar-refractivity contribution in [3.63, 3.8) is 0 Å². The van der Waals surface area contributed by atoms with Crippen molar-refractivity contribution in [1.82, 2.24) is 29.8 Å². The number of piperidine rings is 1. The molecule has 1 aromatic carbocycles. The first-order valence-electron chi connectivity index (χ1n) is 11.0. The number of nitrogens with one attached hydrogen (secondary N) is 1. The van der Waals surface area contributed by atoms with Gasteiger partial charge in [0.2, 0.25) is 5.88 Å². The van der Waals surface area contributed by atoms with E-state index in [1.807, 2.05) is 24.7 Å². The zero-order valence-corrected chi connectivity index (χ0v) is 18.0. The average molecular weight is 425 g/mol. The van der Waals surface area contributed by atoms with Crippen LogP contribution >= 0.6 is 0 Å². The van der Waals surface area contributed by atoms with Gasteiger partial charge < -0.3 is 14.6 Å². The van der Waals surface area contributed by atoms with E-state index in [2.05, 4.69) is 44.1 Å². The third-order valence-corrected chi connectivity index (χ3v) is 6.39. The van der Waals surface area contributed by atoms with Crippen LogP contribution in [0.4, 0.5) is 0 Å². The molecule has 1 aliphatic carbocycles.